The van der Waals surface area contributed by atoms with Gasteiger partial charge in [0.1, 0.15) is 18.2 Å². The number of nitrogens with zero attached hydrogens (tertiary/aromatic N) is 2. The number of ether oxygens (including phenoxy) is 1. The third-order valence-electron chi connectivity index (χ3n) is 3.93. The van der Waals surface area contributed by atoms with Crippen molar-refractivity contribution in [3.63, 3.8) is 0 Å². The fraction of sp³-hybridized carbons (Fsp3) is 0.158. The number of hydrogen-bond donors (Lipinski definition) is 2. The van der Waals surface area contributed by atoms with Gasteiger partial charge in [-0.05, 0) is 59.0 Å². The molecule has 0 aliphatic heterocycles. The van der Waals surface area contributed by atoms with E-state index in [1.807, 2.05) is 12.1 Å². The van der Waals surface area contributed by atoms with Crippen molar-refractivity contribution in [1.29, 1.82) is 0 Å². The monoisotopic (exact) mass is 492 g/mol. The first kappa shape index (κ1) is 19.8. The van der Waals surface area contributed by atoms with E-state index in [2.05, 4.69) is 37.9 Å². The van der Waals surface area contributed by atoms with Gasteiger partial charge in [0.05, 0.1) is 11.0 Å². The second-order valence-corrected chi connectivity index (χ2v) is 7.22. The average Bonchev–Trinajstić information content (AvgIpc) is 3.20. The molecule has 8 nitrogen and oxygen atoms in total. The number of nitrogens with one attached hydrogen (secondary N) is 2. The molecule has 0 aliphatic carbocycles. The van der Waals surface area contributed by atoms with Crippen molar-refractivity contribution in [2.24, 2.45) is 0 Å². The largest absolute Gasteiger partial charge is 0.491 e. The summed E-state index contributed by atoms with van der Waals surface area (Å²) in [5, 5.41) is 13.7. The van der Waals surface area contributed by atoms with Gasteiger partial charge in [0.15, 0.2) is 0 Å². The number of non-ortho nitro benzene ring substituents is 1. The van der Waals surface area contributed by atoms with Crippen LogP contribution < -0.4 is 10.1 Å². The van der Waals surface area contributed by atoms with Gasteiger partial charge in [-0.3, -0.25) is 14.9 Å². The predicted octanol–water partition coefficient (Wildman–Crippen LogP) is 3.34. The second-order valence-electron chi connectivity index (χ2n) is 5.98. The smallest absolute Gasteiger partial charge is 0.269 e. The first-order chi connectivity index (χ1) is 13.5. The molecule has 0 spiro atoms. The van der Waals surface area contributed by atoms with Crippen LogP contribution in [0.5, 0.6) is 5.75 Å². The Morgan fingerprint density at radius 2 is 1.93 bits per heavy atom. The van der Waals surface area contributed by atoms with Crippen molar-refractivity contribution < 1.29 is 14.5 Å². The normalized spacial score (nSPS) is 11.6. The number of hydrogen-bond acceptors (Lipinski definition) is 5. The minimum absolute atomic E-state index is 0.00787. The molecule has 144 valence electrons. The number of nitro groups is 1. The summed E-state index contributed by atoms with van der Waals surface area (Å²) >= 11 is 2.18. The van der Waals surface area contributed by atoms with Crippen LogP contribution in [0.2, 0.25) is 0 Å². The molecule has 0 fully saturated rings. The second kappa shape index (κ2) is 9.31. The van der Waals surface area contributed by atoms with Crippen LogP contribution in [0.3, 0.4) is 0 Å². The Morgan fingerprint density at radius 1 is 1.21 bits per heavy atom. The standard InChI is InChI=1S/C19H17IN4O4/c20-14-3-1-13(2-4-14)19(25)23-15(11-18-21-9-10-22-18)12-28-17-7-5-16(6-8-17)24(26)27/h1-10,15H,11-12H2,(H,21,22)(H,23,25). The zero-order valence-corrected chi connectivity index (χ0v) is 16.8. The molecule has 0 aliphatic rings. The number of aromatic nitrogens is 2. The van der Waals surface area contributed by atoms with Crippen molar-refractivity contribution in [1.82, 2.24) is 15.3 Å². The van der Waals surface area contributed by atoms with Crippen LogP contribution in [0, 0.1) is 13.7 Å². The van der Waals surface area contributed by atoms with Crippen molar-refractivity contribution >= 4 is 34.2 Å². The minimum atomic E-state index is -0.468. The van der Waals surface area contributed by atoms with Crippen LogP contribution in [-0.2, 0) is 6.42 Å². The van der Waals surface area contributed by atoms with Crippen LogP contribution in [-0.4, -0.2) is 33.4 Å². The van der Waals surface area contributed by atoms with Gasteiger partial charge >= 0.3 is 0 Å². The third kappa shape index (κ3) is 5.52. The van der Waals surface area contributed by atoms with E-state index in [1.165, 1.54) is 24.3 Å². The van der Waals surface area contributed by atoms with Gasteiger partial charge in [0, 0.05) is 40.1 Å². The van der Waals surface area contributed by atoms with Crippen LogP contribution in [0.4, 0.5) is 5.69 Å². The van der Waals surface area contributed by atoms with E-state index >= 15 is 0 Å². The van der Waals surface area contributed by atoms with Gasteiger partial charge in [0.25, 0.3) is 11.6 Å². The lowest BCUT2D eigenvalue weighted by atomic mass is 10.1. The maximum absolute atomic E-state index is 12.6. The summed E-state index contributed by atoms with van der Waals surface area (Å²) in [6.45, 7) is 0.189. The molecule has 1 atom stereocenters. The fourth-order valence-corrected chi connectivity index (χ4v) is 2.89. The summed E-state index contributed by atoms with van der Waals surface area (Å²) in [5.74, 6) is 0.999. The summed E-state index contributed by atoms with van der Waals surface area (Å²) in [5.41, 5.74) is 0.548. The van der Waals surface area contributed by atoms with Crippen molar-refractivity contribution in [2.75, 3.05) is 6.61 Å². The topological polar surface area (TPSA) is 110 Å². The number of H-pyrrole nitrogens is 1. The number of benzene rings is 2. The van der Waals surface area contributed by atoms with Gasteiger partial charge in [0.2, 0.25) is 0 Å². The van der Waals surface area contributed by atoms with Crippen molar-refractivity contribution in [3.05, 3.63) is 86.0 Å². The van der Waals surface area contributed by atoms with E-state index < -0.39 is 4.92 Å². The number of imidazole rings is 1. The molecule has 0 saturated carbocycles. The number of aromatic amines is 1. The van der Waals surface area contributed by atoms with Crippen LogP contribution >= 0.6 is 22.6 Å². The summed E-state index contributed by atoms with van der Waals surface area (Å²) in [6.07, 6.45) is 3.81. The molecular formula is C19H17IN4O4. The predicted molar refractivity (Wildman–Crippen MR) is 111 cm³/mol. The summed E-state index contributed by atoms with van der Waals surface area (Å²) in [4.78, 5) is 30.0. The van der Waals surface area contributed by atoms with Gasteiger partial charge in [-0.15, -0.1) is 0 Å². The quantitative estimate of drug-likeness (QED) is 0.285. The molecular weight excluding hydrogens is 475 g/mol. The van der Waals surface area contributed by atoms with Gasteiger partial charge < -0.3 is 15.0 Å². The molecule has 1 unspecified atom stereocenters. The minimum Gasteiger partial charge on any atom is -0.491 e. The summed E-state index contributed by atoms with van der Waals surface area (Å²) in [6, 6.07) is 12.7. The highest BCUT2D eigenvalue weighted by Crippen LogP contribution is 2.17. The number of carbonyl (C=O) groups excluding carboxylic acids is 1. The molecule has 0 saturated heterocycles. The zero-order chi connectivity index (χ0) is 19.9. The molecule has 28 heavy (non-hydrogen) atoms. The average molecular weight is 492 g/mol. The molecule has 3 aromatic rings. The highest BCUT2D eigenvalue weighted by Gasteiger charge is 2.17. The molecule has 1 heterocycles. The summed E-state index contributed by atoms with van der Waals surface area (Å²) in [7, 11) is 0. The van der Waals surface area contributed by atoms with Crippen LogP contribution in [0.15, 0.2) is 60.9 Å². The highest BCUT2D eigenvalue weighted by atomic mass is 127. The van der Waals surface area contributed by atoms with E-state index in [1.54, 1.807) is 24.5 Å². The maximum atomic E-state index is 12.6. The molecule has 9 heteroatoms. The van der Waals surface area contributed by atoms with E-state index in [-0.39, 0.29) is 24.2 Å². The number of halogens is 1. The Balaban J connectivity index is 1.66. The molecule has 0 radical (unpaired) electrons. The Labute approximate surface area is 174 Å². The lowest BCUT2D eigenvalue weighted by Gasteiger charge is -2.19. The highest BCUT2D eigenvalue weighted by molar-refractivity contribution is 14.1. The van der Waals surface area contributed by atoms with E-state index in [9.17, 15) is 14.9 Å². The third-order valence-corrected chi connectivity index (χ3v) is 4.65. The zero-order valence-electron chi connectivity index (χ0n) is 14.7. The van der Waals surface area contributed by atoms with E-state index in [0.717, 1.165) is 9.39 Å². The van der Waals surface area contributed by atoms with E-state index in [0.29, 0.717) is 17.7 Å². The number of amides is 1. The Hall–Kier alpha value is -2.95. The maximum Gasteiger partial charge on any atom is 0.269 e. The van der Waals surface area contributed by atoms with Gasteiger partial charge in [-0.2, -0.15) is 0 Å². The lowest BCUT2D eigenvalue weighted by Crippen LogP contribution is -2.41. The Bertz CT molecular complexity index is 928. The fourth-order valence-electron chi connectivity index (χ4n) is 2.53. The van der Waals surface area contributed by atoms with E-state index in [4.69, 9.17) is 4.74 Å². The number of nitro benzene ring substituents is 1. The molecule has 0 bridgehead atoms. The van der Waals surface area contributed by atoms with Gasteiger partial charge in [-0.1, -0.05) is 0 Å². The lowest BCUT2D eigenvalue weighted by molar-refractivity contribution is -0.384. The van der Waals surface area contributed by atoms with Crippen molar-refractivity contribution in [3.8, 4) is 5.75 Å². The SMILES string of the molecule is O=C(NC(COc1ccc([N+](=O)[O-])cc1)Cc1ncc[nH]1)c1ccc(I)cc1. The van der Waals surface area contributed by atoms with Crippen LogP contribution in [0.25, 0.3) is 0 Å². The first-order valence-corrected chi connectivity index (χ1v) is 9.51. The number of rotatable bonds is 8. The Morgan fingerprint density at radius 3 is 2.54 bits per heavy atom. The summed E-state index contributed by atoms with van der Waals surface area (Å²) < 4.78 is 6.77. The molecule has 3 rings (SSSR count). The molecule has 1 aromatic heterocycles. The molecule has 2 N–H and O–H groups in total. The van der Waals surface area contributed by atoms with Crippen molar-refractivity contribution in [2.45, 2.75) is 12.5 Å². The van der Waals surface area contributed by atoms with Crippen LogP contribution in [0.1, 0.15) is 16.2 Å². The molecule has 1 amide bonds. The number of carbonyl (C=O) groups is 1. The first-order valence-electron chi connectivity index (χ1n) is 8.43. The molecule has 2 aromatic carbocycles. The van der Waals surface area contributed by atoms with Gasteiger partial charge in [-0.25, -0.2) is 4.98 Å². The Kier molecular flexibility index (Phi) is 6.58.